The van der Waals surface area contributed by atoms with Gasteiger partial charge in [0.05, 0.1) is 6.10 Å². The molecule has 0 aromatic heterocycles. The first-order valence-corrected chi connectivity index (χ1v) is 6.08. The molecule has 1 N–H and O–H groups in total. The van der Waals surface area contributed by atoms with Crippen molar-refractivity contribution in [2.24, 2.45) is 5.92 Å². The van der Waals surface area contributed by atoms with Gasteiger partial charge in [-0.15, -0.1) is 0 Å². The number of hydrogen-bond acceptors (Lipinski definition) is 2. The molecule has 8 heteroatoms. The Bertz CT molecular complexity index is 257. The molecule has 114 valence electrons. The molecule has 2 atom stereocenters. The zero-order valence-corrected chi connectivity index (χ0v) is 10.4. The van der Waals surface area contributed by atoms with Crippen LogP contribution in [0.15, 0.2) is 0 Å². The Morgan fingerprint density at radius 3 is 2.11 bits per heavy atom. The van der Waals surface area contributed by atoms with Crippen LogP contribution in [0.1, 0.15) is 25.7 Å². The van der Waals surface area contributed by atoms with Gasteiger partial charge in [-0.05, 0) is 32.7 Å². The summed E-state index contributed by atoms with van der Waals surface area (Å²) in [7, 11) is 1.12. The molecule has 0 aromatic rings. The normalized spacial score (nSPS) is 23.1. The molecule has 0 saturated carbocycles. The third-order valence-corrected chi connectivity index (χ3v) is 3.30. The summed E-state index contributed by atoms with van der Waals surface area (Å²) in [6.07, 6.45) is -9.35. The predicted octanol–water partition coefficient (Wildman–Crippen LogP) is 3.27. The minimum Gasteiger partial charge on any atom is -0.378 e. The Morgan fingerprint density at radius 2 is 1.74 bits per heavy atom. The SMILES string of the molecule is CNC(CCC1CCCO1)C(C(F)(F)F)C(F)(F)F. The Hall–Kier alpha value is -0.500. The molecule has 1 fully saturated rings. The highest BCUT2D eigenvalue weighted by atomic mass is 19.4. The first-order valence-electron chi connectivity index (χ1n) is 6.08. The van der Waals surface area contributed by atoms with Gasteiger partial charge in [-0.3, -0.25) is 0 Å². The van der Waals surface area contributed by atoms with E-state index in [1.165, 1.54) is 0 Å². The van der Waals surface area contributed by atoms with Gasteiger partial charge in [-0.2, -0.15) is 26.3 Å². The van der Waals surface area contributed by atoms with Gasteiger partial charge in [0.2, 0.25) is 0 Å². The van der Waals surface area contributed by atoms with Crippen LogP contribution in [0.25, 0.3) is 0 Å². The highest BCUT2D eigenvalue weighted by Crippen LogP contribution is 2.42. The summed E-state index contributed by atoms with van der Waals surface area (Å²) in [5, 5.41) is 2.14. The van der Waals surface area contributed by atoms with Gasteiger partial charge in [0.25, 0.3) is 0 Å². The lowest BCUT2D eigenvalue weighted by Gasteiger charge is -2.31. The number of rotatable bonds is 5. The lowest BCUT2D eigenvalue weighted by molar-refractivity contribution is -0.292. The fraction of sp³-hybridized carbons (Fsp3) is 1.00. The molecule has 0 aromatic carbocycles. The van der Waals surface area contributed by atoms with Crippen molar-refractivity contribution in [2.45, 2.75) is 50.2 Å². The smallest absolute Gasteiger partial charge is 0.378 e. The van der Waals surface area contributed by atoms with Crippen molar-refractivity contribution in [3.05, 3.63) is 0 Å². The average Bonchev–Trinajstić information content (AvgIpc) is 2.72. The Balaban J connectivity index is 2.67. The molecule has 1 aliphatic heterocycles. The maximum Gasteiger partial charge on any atom is 0.401 e. The van der Waals surface area contributed by atoms with Crippen molar-refractivity contribution in [3.8, 4) is 0 Å². The summed E-state index contributed by atoms with van der Waals surface area (Å²) in [5.74, 6) is -3.34. The molecule has 1 saturated heterocycles. The van der Waals surface area contributed by atoms with Crippen molar-refractivity contribution < 1.29 is 31.1 Å². The Kier molecular flexibility index (Phi) is 5.49. The molecular weight excluding hydrogens is 276 g/mol. The first-order chi connectivity index (χ1) is 8.66. The number of ether oxygens (including phenoxy) is 1. The lowest BCUT2D eigenvalue weighted by atomic mass is 9.93. The molecular formula is C11H17F6NO. The quantitative estimate of drug-likeness (QED) is 0.786. The van der Waals surface area contributed by atoms with E-state index in [9.17, 15) is 26.3 Å². The highest BCUT2D eigenvalue weighted by Gasteiger charge is 2.59. The van der Waals surface area contributed by atoms with E-state index in [0.29, 0.717) is 13.0 Å². The van der Waals surface area contributed by atoms with E-state index < -0.39 is 24.3 Å². The van der Waals surface area contributed by atoms with Gasteiger partial charge in [0.15, 0.2) is 5.92 Å². The summed E-state index contributed by atoms with van der Waals surface area (Å²) < 4.78 is 80.6. The third-order valence-electron chi connectivity index (χ3n) is 3.30. The number of halogens is 6. The van der Waals surface area contributed by atoms with Gasteiger partial charge >= 0.3 is 12.4 Å². The van der Waals surface area contributed by atoms with Crippen LogP contribution in [-0.2, 0) is 4.74 Å². The standard InChI is InChI=1S/C11H17F6NO/c1-18-8(5-4-7-3-2-6-19-7)9(10(12,13)14)11(15,16)17/h7-9,18H,2-6H2,1H3. The van der Waals surface area contributed by atoms with E-state index in [4.69, 9.17) is 4.74 Å². The summed E-state index contributed by atoms with van der Waals surface area (Å²) in [6.45, 7) is 0.525. The van der Waals surface area contributed by atoms with Crippen LogP contribution in [0.5, 0.6) is 0 Å². The van der Waals surface area contributed by atoms with E-state index >= 15 is 0 Å². The molecule has 19 heavy (non-hydrogen) atoms. The molecule has 0 amide bonds. The minimum atomic E-state index is -5.30. The second-order valence-electron chi connectivity index (χ2n) is 4.67. The fourth-order valence-electron chi connectivity index (χ4n) is 2.36. The van der Waals surface area contributed by atoms with Crippen LogP contribution in [0.4, 0.5) is 26.3 Å². The van der Waals surface area contributed by atoms with E-state index in [2.05, 4.69) is 5.32 Å². The van der Waals surface area contributed by atoms with E-state index in [-0.39, 0.29) is 18.9 Å². The van der Waals surface area contributed by atoms with Crippen LogP contribution in [0.3, 0.4) is 0 Å². The second-order valence-corrected chi connectivity index (χ2v) is 4.67. The van der Waals surface area contributed by atoms with Gasteiger partial charge in [-0.1, -0.05) is 0 Å². The average molecular weight is 293 g/mol. The third kappa shape index (κ3) is 4.83. The fourth-order valence-corrected chi connectivity index (χ4v) is 2.36. The zero-order chi connectivity index (χ0) is 14.7. The Morgan fingerprint density at radius 1 is 1.16 bits per heavy atom. The summed E-state index contributed by atoms with van der Waals surface area (Å²) in [6, 6.07) is -1.68. The monoisotopic (exact) mass is 293 g/mol. The van der Waals surface area contributed by atoms with Crippen molar-refractivity contribution in [2.75, 3.05) is 13.7 Å². The van der Waals surface area contributed by atoms with Crippen molar-refractivity contribution in [1.82, 2.24) is 5.32 Å². The first kappa shape index (κ1) is 16.6. The van der Waals surface area contributed by atoms with Crippen molar-refractivity contribution >= 4 is 0 Å². The number of nitrogens with one attached hydrogen (secondary N) is 1. The van der Waals surface area contributed by atoms with Gasteiger partial charge in [-0.25, -0.2) is 0 Å². The molecule has 2 unspecified atom stereocenters. The molecule has 0 spiro atoms. The molecule has 1 heterocycles. The molecule has 2 nitrogen and oxygen atoms in total. The maximum atomic E-state index is 12.6. The predicted molar refractivity (Wildman–Crippen MR) is 56.7 cm³/mol. The Labute approximate surface area is 107 Å². The van der Waals surface area contributed by atoms with Crippen LogP contribution >= 0.6 is 0 Å². The minimum absolute atomic E-state index is 0.203. The van der Waals surface area contributed by atoms with Crippen LogP contribution in [0, 0.1) is 5.92 Å². The molecule has 0 aliphatic carbocycles. The largest absolute Gasteiger partial charge is 0.401 e. The lowest BCUT2D eigenvalue weighted by Crippen LogP contribution is -2.50. The highest BCUT2D eigenvalue weighted by molar-refractivity contribution is 4.87. The van der Waals surface area contributed by atoms with E-state index in [0.717, 1.165) is 13.5 Å². The number of hydrogen-bond donors (Lipinski definition) is 1. The van der Waals surface area contributed by atoms with E-state index in [1.807, 2.05) is 0 Å². The van der Waals surface area contributed by atoms with E-state index in [1.54, 1.807) is 0 Å². The van der Waals surface area contributed by atoms with Gasteiger partial charge in [0, 0.05) is 12.6 Å². The van der Waals surface area contributed by atoms with Crippen LogP contribution < -0.4 is 5.32 Å². The number of alkyl halides is 6. The molecule has 0 bridgehead atoms. The van der Waals surface area contributed by atoms with Crippen molar-refractivity contribution in [1.29, 1.82) is 0 Å². The molecule has 1 aliphatic rings. The van der Waals surface area contributed by atoms with Gasteiger partial charge < -0.3 is 10.1 Å². The summed E-state index contributed by atoms with van der Waals surface area (Å²) in [4.78, 5) is 0. The van der Waals surface area contributed by atoms with Crippen LogP contribution in [0.2, 0.25) is 0 Å². The summed E-state index contributed by atoms with van der Waals surface area (Å²) >= 11 is 0. The molecule has 0 radical (unpaired) electrons. The van der Waals surface area contributed by atoms with Crippen LogP contribution in [-0.4, -0.2) is 38.2 Å². The van der Waals surface area contributed by atoms with Gasteiger partial charge in [0.1, 0.15) is 0 Å². The topological polar surface area (TPSA) is 21.3 Å². The molecule has 1 rings (SSSR count). The van der Waals surface area contributed by atoms with Crippen molar-refractivity contribution in [3.63, 3.8) is 0 Å². The summed E-state index contributed by atoms with van der Waals surface area (Å²) in [5.41, 5.74) is 0. The second kappa shape index (κ2) is 6.30. The maximum absolute atomic E-state index is 12.6. The zero-order valence-electron chi connectivity index (χ0n) is 10.4.